The van der Waals surface area contributed by atoms with E-state index >= 15 is 0 Å². The van der Waals surface area contributed by atoms with Gasteiger partial charge >= 0.3 is 0 Å². The molecule has 0 aliphatic carbocycles. The highest BCUT2D eigenvalue weighted by molar-refractivity contribution is 7.22. The van der Waals surface area contributed by atoms with Gasteiger partial charge in [-0.25, -0.2) is 4.98 Å². The van der Waals surface area contributed by atoms with E-state index in [1.54, 1.807) is 11.3 Å². The number of nitrogens with one attached hydrogen (secondary N) is 1. The molecule has 26 heavy (non-hydrogen) atoms. The lowest BCUT2D eigenvalue weighted by Gasteiger charge is -2.25. The van der Waals surface area contributed by atoms with Gasteiger partial charge in [0.1, 0.15) is 5.75 Å². The number of anilines is 2. The number of fused-ring (bicyclic) bond motifs is 1. The van der Waals surface area contributed by atoms with Crippen LogP contribution in [0.4, 0.5) is 10.8 Å². The number of hydrogen-bond acceptors (Lipinski definition) is 6. The van der Waals surface area contributed by atoms with E-state index in [2.05, 4.69) is 15.2 Å². The molecule has 2 heterocycles. The quantitative estimate of drug-likeness (QED) is 0.748. The third kappa shape index (κ3) is 3.95. The summed E-state index contributed by atoms with van der Waals surface area (Å²) >= 11 is 1.63. The van der Waals surface area contributed by atoms with E-state index in [4.69, 9.17) is 9.47 Å². The SMILES string of the molecule is O=C(COc1ccccc1)Nc1ccc2nc(N3CCOCC3)sc2c1. The van der Waals surface area contributed by atoms with E-state index in [0.29, 0.717) is 5.75 Å². The summed E-state index contributed by atoms with van der Waals surface area (Å²) < 4.78 is 11.9. The number of amides is 1. The van der Waals surface area contributed by atoms with Gasteiger partial charge in [-0.2, -0.15) is 0 Å². The van der Waals surface area contributed by atoms with Crippen LogP contribution in [0.3, 0.4) is 0 Å². The lowest BCUT2D eigenvalue weighted by atomic mass is 10.3. The molecule has 1 fully saturated rings. The Labute approximate surface area is 155 Å². The van der Waals surface area contributed by atoms with Crippen molar-refractivity contribution in [2.45, 2.75) is 0 Å². The number of aromatic nitrogens is 1. The van der Waals surface area contributed by atoms with E-state index in [9.17, 15) is 4.79 Å². The molecule has 4 rings (SSSR count). The molecule has 3 aromatic rings. The zero-order chi connectivity index (χ0) is 17.8. The first-order valence-electron chi connectivity index (χ1n) is 8.49. The maximum atomic E-state index is 12.1. The van der Waals surface area contributed by atoms with E-state index in [1.165, 1.54) is 0 Å². The second-order valence-electron chi connectivity index (χ2n) is 5.93. The fourth-order valence-electron chi connectivity index (χ4n) is 2.74. The van der Waals surface area contributed by atoms with Crippen LogP contribution in [0, 0.1) is 0 Å². The van der Waals surface area contributed by atoms with Gasteiger partial charge in [0.15, 0.2) is 11.7 Å². The molecule has 1 N–H and O–H groups in total. The molecule has 1 aliphatic heterocycles. The van der Waals surface area contributed by atoms with Crippen molar-refractivity contribution in [3.63, 3.8) is 0 Å². The number of ether oxygens (including phenoxy) is 2. The molecule has 0 bridgehead atoms. The summed E-state index contributed by atoms with van der Waals surface area (Å²) in [5.41, 5.74) is 1.69. The normalized spacial score (nSPS) is 14.4. The third-order valence-electron chi connectivity index (χ3n) is 4.06. The first-order valence-corrected chi connectivity index (χ1v) is 9.30. The Morgan fingerprint density at radius 1 is 1.19 bits per heavy atom. The molecule has 0 radical (unpaired) electrons. The van der Waals surface area contributed by atoms with Crippen LogP contribution in [-0.2, 0) is 9.53 Å². The predicted molar refractivity (Wildman–Crippen MR) is 103 cm³/mol. The van der Waals surface area contributed by atoms with Gasteiger partial charge in [-0.3, -0.25) is 4.79 Å². The third-order valence-corrected chi connectivity index (χ3v) is 5.13. The summed E-state index contributed by atoms with van der Waals surface area (Å²) in [6.07, 6.45) is 0. The lowest BCUT2D eigenvalue weighted by molar-refractivity contribution is -0.118. The van der Waals surface area contributed by atoms with Crippen molar-refractivity contribution in [1.82, 2.24) is 4.98 Å². The molecule has 0 unspecified atom stereocenters. The topological polar surface area (TPSA) is 63.7 Å². The van der Waals surface area contributed by atoms with Gasteiger partial charge in [0.05, 0.1) is 23.4 Å². The Hall–Kier alpha value is -2.64. The minimum absolute atomic E-state index is 0.0240. The molecule has 1 aromatic heterocycles. The maximum absolute atomic E-state index is 12.1. The number of carbonyl (C=O) groups excluding carboxylic acids is 1. The Kier molecular flexibility index (Phi) is 4.99. The average molecular weight is 369 g/mol. The molecule has 0 atom stereocenters. The highest BCUT2D eigenvalue weighted by atomic mass is 32.1. The molecule has 1 aliphatic rings. The Morgan fingerprint density at radius 2 is 2.00 bits per heavy atom. The van der Waals surface area contributed by atoms with Crippen LogP contribution in [-0.4, -0.2) is 43.8 Å². The van der Waals surface area contributed by atoms with Crippen LogP contribution < -0.4 is 15.0 Å². The Morgan fingerprint density at radius 3 is 2.81 bits per heavy atom. The van der Waals surface area contributed by atoms with Gasteiger partial charge in [-0.1, -0.05) is 29.5 Å². The highest BCUT2D eigenvalue weighted by Gasteiger charge is 2.15. The smallest absolute Gasteiger partial charge is 0.262 e. The zero-order valence-electron chi connectivity index (χ0n) is 14.2. The maximum Gasteiger partial charge on any atom is 0.262 e. The van der Waals surface area contributed by atoms with Crippen LogP contribution in [0.5, 0.6) is 5.75 Å². The van der Waals surface area contributed by atoms with Crippen LogP contribution in [0.2, 0.25) is 0 Å². The van der Waals surface area contributed by atoms with Crippen LogP contribution >= 0.6 is 11.3 Å². The molecule has 0 saturated carbocycles. The molecular weight excluding hydrogens is 350 g/mol. The van der Waals surface area contributed by atoms with Gasteiger partial charge in [0, 0.05) is 18.8 Å². The van der Waals surface area contributed by atoms with Crippen molar-refractivity contribution < 1.29 is 14.3 Å². The number of carbonyl (C=O) groups is 1. The predicted octanol–water partition coefficient (Wildman–Crippen LogP) is 3.15. The van der Waals surface area contributed by atoms with Crippen LogP contribution in [0.15, 0.2) is 48.5 Å². The summed E-state index contributed by atoms with van der Waals surface area (Å²) in [6, 6.07) is 15.1. The number of rotatable bonds is 5. The molecule has 7 heteroatoms. The summed E-state index contributed by atoms with van der Waals surface area (Å²) in [4.78, 5) is 19.0. The number of hydrogen-bond donors (Lipinski definition) is 1. The van der Waals surface area contributed by atoms with Gasteiger partial charge in [0.2, 0.25) is 0 Å². The first kappa shape index (κ1) is 16.8. The number of benzene rings is 2. The molecule has 2 aromatic carbocycles. The minimum atomic E-state index is -0.189. The second-order valence-corrected chi connectivity index (χ2v) is 6.94. The zero-order valence-corrected chi connectivity index (χ0v) is 15.0. The number of nitrogens with zero attached hydrogens (tertiary/aromatic N) is 2. The molecule has 6 nitrogen and oxygen atoms in total. The van der Waals surface area contributed by atoms with E-state index in [0.717, 1.165) is 47.3 Å². The van der Waals surface area contributed by atoms with E-state index < -0.39 is 0 Å². The van der Waals surface area contributed by atoms with E-state index in [1.807, 2.05) is 48.5 Å². The number of thiazole rings is 1. The lowest BCUT2D eigenvalue weighted by Crippen LogP contribution is -2.36. The van der Waals surface area contributed by atoms with Crippen molar-refractivity contribution in [3.8, 4) is 5.75 Å². The monoisotopic (exact) mass is 369 g/mol. The Balaban J connectivity index is 1.41. The molecule has 0 spiro atoms. The largest absolute Gasteiger partial charge is 0.484 e. The van der Waals surface area contributed by atoms with Gasteiger partial charge < -0.3 is 19.7 Å². The van der Waals surface area contributed by atoms with Crippen LogP contribution in [0.25, 0.3) is 10.2 Å². The minimum Gasteiger partial charge on any atom is -0.484 e. The first-order chi connectivity index (χ1) is 12.8. The fourth-order valence-corrected chi connectivity index (χ4v) is 3.80. The van der Waals surface area contributed by atoms with E-state index in [-0.39, 0.29) is 12.5 Å². The van der Waals surface area contributed by atoms with Crippen LogP contribution in [0.1, 0.15) is 0 Å². The van der Waals surface area contributed by atoms with Gasteiger partial charge in [0.25, 0.3) is 5.91 Å². The highest BCUT2D eigenvalue weighted by Crippen LogP contribution is 2.31. The summed E-state index contributed by atoms with van der Waals surface area (Å²) in [7, 11) is 0. The summed E-state index contributed by atoms with van der Waals surface area (Å²) in [5, 5.41) is 3.87. The average Bonchev–Trinajstić information content (AvgIpc) is 3.11. The van der Waals surface area contributed by atoms with Crippen molar-refractivity contribution in [2.24, 2.45) is 0 Å². The summed E-state index contributed by atoms with van der Waals surface area (Å²) in [6.45, 7) is 3.17. The molecule has 1 amide bonds. The second kappa shape index (κ2) is 7.72. The molecule has 1 saturated heterocycles. The molecular formula is C19H19N3O3S. The number of para-hydroxylation sites is 1. The Bertz CT molecular complexity index is 891. The molecule has 134 valence electrons. The standard InChI is InChI=1S/C19H19N3O3S/c23-18(13-25-15-4-2-1-3-5-15)20-14-6-7-16-17(12-14)26-19(21-16)22-8-10-24-11-9-22/h1-7,12H,8-11,13H2,(H,20,23). The number of morpholine rings is 1. The van der Waals surface area contributed by atoms with Gasteiger partial charge in [-0.15, -0.1) is 0 Å². The van der Waals surface area contributed by atoms with Gasteiger partial charge in [-0.05, 0) is 30.3 Å². The summed E-state index contributed by atoms with van der Waals surface area (Å²) in [5.74, 6) is 0.488. The van der Waals surface area contributed by atoms with Crippen molar-refractivity contribution in [2.75, 3.05) is 43.1 Å². The van der Waals surface area contributed by atoms with Crippen molar-refractivity contribution >= 4 is 38.3 Å². The fraction of sp³-hybridized carbons (Fsp3) is 0.263. The van der Waals surface area contributed by atoms with Crippen molar-refractivity contribution in [1.29, 1.82) is 0 Å². The van der Waals surface area contributed by atoms with Crippen molar-refractivity contribution in [3.05, 3.63) is 48.5 Å².